The molecule has 0 saturated carbocycles. The zero-order valence-electron chi connectivity index (χ0n) is 9.88. The number of hydrogen-bond donors (Lipinski definition) is 1. The topological polar surface area (TPSA) is 24.9 Å². The van der Waals surface area contributed by atoms with E-state index in [9.17, 15) is 0 Å². The van der Waals surface area contributed by atoms with E-state index in [1.807, 2.05) is 24.3 Å². The lowest BCUT2D eigenvalue weighted by Gasteiger charge is -2.06. The van der Waals surface area contributed by atoms with Gasteiger partial charge in [-0.1, -0.05) is 35.6 Å². The van der Waals surface area contributed by atoms with Gasteiger partial charge in [0.05, 0.1) is 15.9 Å². The summed E-state index contributed by atoms with van der Waals surface area (Å²) in [4.78, 5) is 5.81. The molecule has 18 heavy (non-hydrogen) atoms. The molecule has 0 aliphatic carbocycles. The molecule has 2 aromatic carbocycles. The molecule has 0 fully saturated rings. The van der Waals surface area contributed by atoms with Crippen LogP contribution in [0.1, 0.15) is 0 Å². The minimum atomic E-state index is 0.942. The Balaban J connectivity index is 1.96. The van der Waals surface area contributed by atoms with E-state index in [1.54, 1.807) is 23.1 Å². The quantitative estimate of drug-likeness (QED) is 0.696. The Kier molecular flexibility index (Phi) is 3.21. The van der Waals surface area contributed by atoms with Crippen LogP contribution in [0.15, 0.2) is 53.4 Å². The van der Waals surface area contributed by atoms with Gasteiger partial charge in [0.1, 0.15) is 0 Å². The Morgan fingerprint density at radius 3 is 2.67 bits per heavy atom. The molecule has 0 aliphatic heterocycles. The number of benzene rings is 2. The highest BCUT2D eigenvalue weighted by atomic mass is 32.2. The summed E-state index contributed by atoms with van der Waals surface area (Å²) in [6.07, 6.45) is 2.08. The molecular formula is C14H12N2S2. The summed E-state index contributed by atoms with van der Waals surface area (Å²) in [7, 11) is 0. The fourth-order valence-electron chi connectivity index (χ4n) is 1.79. The average Bonchev–Trinajstić information content (AvgIpc) is 2.81. The second-order valence-electron chi connectivity index (χ2n) is 3.81. The van der Waals surface area contributed by atoms with Crippen molar-refractivity contribution in [2.75, 3.05) is 11.6 Å². The van der Waals surface area contributed by atoms with E-state index in [1.165, 1.54) is 9.60 Å². The average molecular weight is 272 g/mol. The van der Waals surface area contributed by atoms with Crippen LogP contribution in [0.25, 0.3) is 10.2 Å². The van der Waals surface area contributed by atoms with E-state index in [2.05, 4.69) is 40.8 Å². The van der Waals surface area contributed by atoms with Crippen molar-refractivity contribution < 1.29 is 0 Å². The Morgan fingerprint density at radius 2 is 1.83 bits per heavy atom. The second kappa shape index (κ2) is 5.00. The lowest BCUT2D eigenvalue weighted by atomic mass is 10.3. The summed E-state index contributed by atoms with van der Waals surface area (Å²) < 4.78 is 1.21. The normalized spacial score (nSPS) is 10.7. The van der Waals surface area contributed by atoms with Crippen LogP contribution in [0.3, 0.4) is 0 Å². The first kappa shape index (κ1) is 11.6. The minimum Gasteiger partial charge on any atom is -0.331 e. The first-order valence-corrected chi connectivity index (χ1v) is 7.66. The van der Waals surface area contributed by atoms with Gasteiger partial charge in [-0.3, -0.25) is 0 Å². The number of nitrogens with zero attached hydrogens (tertiary/aromatic N) is 1. The molecule has 0 radical (unpaired) electrons. The molecule has 3 aromatic rings. The Labute approximate surface area is 114 Å². The minimum absolute atomic E-state index is 0.942. The standard InChI is InChI=1S/C14H12N2S2/c1-17-12-8-4-2-6-10(12)15-14-16-11-7-3-5-9-13(11)18-14/h2-9H,1H3,(H,15,16). The zero-order chi connectivity index (χ0) is 12.4. The lowest BCUT2D eigenvalue weighted by Crippen LogP contribution is -1.90. The van der Waals surface area contributed by atoms with Gasteiger partial charge in [-0.05, 0) is 30.5 Å². The number of thioether (sulfide) groups is 1. The highest BCUT2D eigenvalue weighted by Crippen LogP contribution is 2.31. The number of para-hydroxylation sites is 2. The van der Waals surface area contributed by atoms with Gasteiger partial charge in [-0.2, -0.15) is 0 Å². The molecule has 1 heterocycles. The van der Waals surface area contributed by atoms with E-state index < -0.39 is 0 Å². The van der Waals surface area contributed by atoms with Gasteiger partial charge in [0.25, 0.3) is 0 Å². The SMILES string of the molecule is CSc1ccccc1Nc1nc2ccccc2s1. The number of nitrogens with one attached hydrogen (secondary N) is 1. The van der Waals surface area contributed by atoms with Crippen LogP contribution in [0, 0.1) is 0 Å². The molecule has 90 valence electrons. The summed E-state index contributed by atoms with van der Waals surface area (Å²) in [5.41, 5.74) is 2.16. The molecule has 3 rings (SSSR count). The third kappa shape index (κ3) is 2.21. The van der Waals surface area contributed by atoms with Gasteiger partial charge in [0, 0.05) is 4.90 Å². The van der Waals surface area contributed by atoms with Crippen molar-refractivity contribution in [2.24, 2.45) is 0 Å². The Hall–Kier alpha value is -1.52. The molecule has 1 N–H and O–H groups in total. The summed E-state index contributed by atoms with van der Waals surface area (Å²) in [6, 6.07) is 16.5. The lowest BCUT2D eigenvalue weighted by molar-refractivity contribution is 1.38. The van der Waals surface area contributed by atoms with Gasteiger partial charge >= 0.3 is 0 Å². The van der Waals surface area contributed by atoms with Gasteiger partial charge in [0.15, 0.2) is 5.13 Å². The van der Waals surface area contributed by atoms with Crippen molar-refractivity contribution in [3.63, 3.8) is 0 Å². The fraction of sp³-hybridized carbons (Fsp3) is 0.0714. The predicted octanol–water partition coefficient (Wildman–Crippen LogP) is 4.76. The van der Waals surface area contributed by atoms with Crippen molar-refractivity contribution in [1.29, 1.82) is 0 Å². The van der Waals surface area contributed by atoms with Crippen molar-refractivity contribution in [1.82, 2.24) is 4.98 Å². The number of aromatic nitrogens is 1. The maximum absolute atomic E-state index is 4.58. The summed E-state index contributed by atoms with van der Waals surface area (Å²) in [6.45, 7) is 0. The van der Waals surface area contributed by atoms with Crippen LogP contribution in [0.5, 0.6) is 0 Å². The largest absolute Gasteiger partial charge is 0.331 e. The van der Waals surface area contributed by atoms with Crippen LogP contribution in [0.2, 0.25) is 0 Å². The van der Waals surface area contributed by atoms with Crippen LogP contribution in [0.4, 0.5) is 10.8 Å². The van der Waals surface area contributed by atoms with E-state index in [0.717, 1.165) is 16.3 Å². The van der Waals surface area contributed by atoms with Gasteiger partial charge in [-0.25, -0.2) is 4.98 Å². The van der Waals surface area contributed by atoms with Gasteiger partial charge in [-0.15, -0.1) is 11.8 Å². The van der Waals surface area contributed by atoms with Crippen LogP contribution in [-0.2, 0) is 0 Å². The predicted molar refractivity (Wildman–Crippen MR) is 81.1 cm³/mol. The van der Waals surface area contributed by atoms with Gasteiger partial charge < -0.3 is 5.32 Å². The molecule has 0 aliphatic rings. The molecule has 2 nitrogen and oxygen atoms in total. The number of rotatable bonds is 3. The Morgan fingerprint density at radius 1 is 1.06 bits per heavy atom. The van der Waals surface area contributed by atoms with Crippen molar-refractivity contribution in [2.45, 2.75) is 4.90 Å². The smallest absolute Gasteiger partial charge is 0.188 e. The van der Waals surface area contributed by atoms with Crippen molar-refractivity contribution in [3.05, 3.63) is 48.5 Å². The molecule has 4 heteroatoms. The molecule has 0 atom stereocenters. The third-order valence-electron chi connectivity index (χ3n) is 2.64. The molecule has 0 amide bonds. The molecule has 0 unspecified atom stereocenters. The molecule has 0 spiro atoms. The van der Waals surface area contributed by atoms with E-state index >= 15 is 0 Å². The number of fused-ring (bicyclic) bond motifs is 1. The molecular weight excluding hydrogens is 260 g/mol. The first-order valence-electron chi connectivity index (χ1n) is 5.62. The Bertz CT molecular complexity index is 643. The molecule has 1 aromatic heterocycles. The maximum Gasteiger partial charge on any atom is 0.188 e. The summed E-state index contributed by atoms with van der Waals surface area (Å²) >= 11 is 3.42. The monoisotopic (exact) mass is 272 g/mol. The van der Waals surface area contributed by atoms with E-state index in [0.29, 0.717) is 0 Å². The van der Waals surface area contributed by atoms with Gasteiger partial charge in [0.2, 0.25) is 0 Å². The van der Waals surface area contributed by atoms with Crippen LogP contribution < -0.4 is 5.32 Å². The number of hydrogen-bond acceptors (Lipinski definition) is 4. The number of thiazole rings is 1. The van der Waals surface area contributed by atoms with Crippen LogP contribution >= 0.6 is 23.1 Å². The third-order valence-corrected chi connectivity index (χ3v) is 4.39. The zero-order valence-corrected chi connectivity index (χ0v) is 11.5. The van der Waals surface area contributed by atoms with Crippen molar-refractivity contribution >= 4 is 44.1 Å². The maximum atomic E-state index is 4.58. The van der Waals surface area contributed by atoms with E-state index in [4.69, 9.17) is 0 Å². The first-order chi connectivity index (χ1) is 8.86. The molecule has 0 bridgehead atoms. The highest BCUT2D eigenvalue weighted by Gasteiger charge is 2.05. The summed E-state index contributed by atoms with van der Waals surface area (Å²) in [5, 5.41) is 4.34. The molecule has 0 saturated heterocycles. The summed E-state index contributed by atoms with van der Waals surface area (Å²) in [5.74, 6) is 0. The van der Waals surface area contributed by atoms with Crippen molar-refractivity contribution in [3.8, 4) is 0 Å². The highest BCUT2D eigenvalue weighted by molar-refractivity contribution is 7.98. The van der Waals surface area contributed by atoms with E-state index in [-0.39, 0.29) is 0 Å². The van der Waals surface area contributed by atoms with Crippen LogP contribution in [-0.4, -0.2) is 11.2 Å². The number of anilines is 2. The fourth-order valence-corrected chi connectivity index (χ4v) is 3.22. The second-order valence-corrected chi connectivity index (χ2v) is 5.69.